The Morgan fingerprint density at radius 1 is 1.50 bits per heavy atom. The number of amides is 2. The maximum absolute atomic E-state index is 12.2. The van der Waals surface area contributed by atoms with Crippen molar-refractivity contribution >= 4 is 35.2 Å². The van der Waals surface area contributed by atoms with Gasteiger partial charge in [-0.2, -0.15) is 0 Å². The first-order valence-corrected chi connectivity index (χ1v) is 7.59. The third-order valence-electron chi connectivity index (χ3n) is 3.09. The van der Waals surface area contributed by atoms with E-state index in [0.717, 1.165) is 4.90 Å². The molecule has 7 nitrogen and oxygen atoms in total. The second kappa shape index (κ2) is 7.28. The van der Waals surface area contributed by atoms with Crippen molar-refractivity contribution in [2.75, 3.05) is 24.8 Å². The molecule has 22 heavy (non-hydrogen) atoms. The summed E-state index contributed by atoms with van der Waals surface area (Å²) in [4.78, 5) is 35.5. The van der Waals surface area contributed by atoms with Crippen LogP contribution in [0.1, 0.15) is 16.8 Å². The lowest BCUT2D eigenvalue weighted by Crippen LogP contribution is -2.41. The Hall–Kier alpha value is -2.06. The molecule has 1 aromatic carbocycles. The summed E-state index contributed by atoms with van der Waals surface area (Å²) in [6.07, 6.45) is 0.176. The molecular weight excluding hydrogens is 308 g/mol. The van der Waals surface area contributed by atoms with Crippen LogP contribution in [0.2, 0.25) is 0 Å². The van der Waals surface area contributed by atoms with Crippen LogP contribution in [0.5, 0.6) is 0 Å². The van der Waals surface area contributed by atoms with Crippen LogP contribution < -0.4 is 10.6 Å². The average Bonchev–Trinajstić information content (AvgIpc) is 2.50. The standard InChI is InChI=1S/C14H16N2O5S/c1-21-5-4-9(14(19)20)16-13(18)8-2-3-11-10(6-8)15-12(17)7-22-11/h2-3,6,9H,4-5,7H2,1H3,(H,15,17)(H,16,18)(H,19,20). The number of methoxy groups -OCH3 is 1. The highest BCUT2D eigenvalue weighted by Crippen LogP contribution is 2.31. The van der Waals surface area contributed by atoms with Crippen LogP contribution in [0.15, 0.2) is 23.1 Å². The van der Waals surface area contributed by atoms with E-state index in [1.165, 1.54) is 18.9 Å². The van der Waals surface area contributed by atoms with E-state index in [4.69, 9.17) is 9.84 Å². The zero-order valence-corrected chi connectivity index (χ0v) is 12.7. The molecule has 0 bridgehead atoms. The molecule has 8 heteroatoms. The van der Waals surface area contributed by atoms with Gasteiger partial charge >= 0.3 is 5.97 Å². The van der Waals surface area contributed by atoms with E-state index in [-0.39, 0.29) is 18.9 Å². The number of rotatable bonds is 6. The Labute approximate surface area is 131 Å². The predicted octanol–water partition coefficient (Wildman–Crippen LogP) is 0.950. The molecule has 0 aromatic heterocycles. The Kier molecular flexibility index (Phi) is 5.40. The van der Waals surface area contributed by atoms with Gasteiger partial charge in [-0.3, -0.25) is 9.59 Å². The van der Waals surface area contributed by atoms with Gasteiger partial charge in [-0.25, -0.2) is 4.79 Å². The van der Waals surface area contributed by atoms with Gasteiger partial charge in [-0.1, -0.05) is 0 Å². The van der Waals surface area contributed by atoms with Gasteiger partial charge < -0.3 is 20.5 Å². The van der Waals surface area contributed by atoms with Crippen LogP contribution in [-0.4, -0.2) is 48.4 Å². The quantitative estimate of drug-likeness (QED) is 0.719. The van der Waals surface area contributed by atoms with Crippen molar-refractivity contribution in [3.8, 4) is 0 Å². The number of benzene rings is 1. The van der Waals surface area contributed by atoms with Crippen molar-refractivity contribution < 1.29 is 24.2 Å². The van der Waals surface area contributed by atoms with Crippen molar-refractivity contribution in [3.05, 3.63) is 23.8 Å². The zero-order valence-electron chi connectivity index (χ0n) is 11.9. The lowest BCUT2D eigenvalue weighted by atomic mass is 10.1. The number of ether oxygens (including phenoxy) is 1. The molecule has 0 fully saturated rings. The van der Waals surface area contributed by atoms with Gasteiger partial charge in [-0.05, 0) is 18.2 Å². The van der Waals surface area contributed by atoms with E-state index >= 15 is 0 Å². The Balaban J connectivity index is 2.10. The van der Waals surface area contributed by atoms with E-state index in [1.807, 2.05) is 0 Å². The van der Waals surface area contributed by atoms with E-state index in [2.05, 4.69) is 10.6 Å². The van der Waals surface area contributed by atoms with Crippen molar-refractivity contribution in [3.63, 3.8) is 0 Å². The van der Waals surface area contributed by atoms with Crippen LogP contribution in [0.3, 0.4) is 0 Å². The van der Waals surface area contributed by atoms with Crippen molar-refractivity contribution in [2.24, 2.45) is 0 Å². The normalized spacial score (nSPS) is 14.7. The molecule has 1 unspecified atom stereocenters. The van der Waals surface area contributed by atoms with E-state index in [9.17, 15) is 14.4 Å². The molecule has 1 atom stereocenters. The second-order valence-corrected chi connectivity index (χ2v) is 5.71. The number of hydrogen-bond acceptors (Lipinski definition) is 5. The van der Waals surface area contributed by atoms with Crippen LogP contribution in [-0.2, 0) is 14.3 Å². The molecule has 1 aliphatic heterocycles. The number of hydrogen-bond donors (Lipinski definition) is 3. The number of aliphatic carboxylic acids is 1. The molecule has 0 saturated carbocycles. The van der Waals surface area contributed by atoms with Crippen molar-refractivity contribution in [1.82, 2.24) is 5.32 Å². The van der Waals surface area contributed by atoms with Gasteiger partial charge in [0.2, 0.25) is 5.91 Å². The third kappa shape index (κ3) is 3.99. The summed E-state index contributed by atoms with van der Waals surface area (Å²) >= 11 is 1.39. The van der Waals surface area contributed by atoms with Gasteiger partial charge in [0, 0.05) is 30.6 Å². The molecule has 3 N–H and O–H groups in total. The number of carboxylic acid groups (broad SMARTS) is 1. The maximum atomic E-state index is 12.2. The second-order valence-electron chi connectivity index (χ2n) is 4.69. The topological polar surface area (TPSA) is 105 Å². The molecule has 1 aromatic rings. The number of carboxylic acids is 1. The average molecular weight is 324 g/mol. The molecule has 1 aliphatic rings. The van der Waals surface area contributed by atoms with Gasteiger partial charge in [0.15, 0.2) is 0 Å². The molecule has 2 rings (SSSR count). The fourth-order valence-electron chi connectivity index (χ4n) is 1.96. The minimum atomic E-state index is -1.12. The highest BCUT2D eigenvalue weighted by Gasteiger charge is 2.22. The molecule has 0 saturated heterocycles. The molecule has 0 spiro atoms. The predicted molar refractivity (Wildman–Crippen MR) is 81.2 cm³/mol. The smallest absolute Gasteiger partial charge is 0.326 e. The summed E-state index contributed by atoms with van der Waals surface area (Å²) in [7, 11) is 1.46. The van der Waals surface area contributed by atoms with Crippen LogP contribution in [0, 0.1) is 0 Å². The SMILES string of the molecule is COCCC(NC(=O)c1ccc2c(c1)NC(=O)CS2)C(=O)O. The van der Waals surface area contributed by atoms with Gasteiger partial charge in [0.25, 0.3) is 5.91 Å². The van der Waals surface area contributed by atoms with Crippen molar-refractivity contribution in [1.29, 1.82) is 0 Å². The number of carbonyl (C=O) groups excluding carboxylic acids is 2. The zero-order chi connectivity index (χ0) is 16.1. The van der Waals surface area contributed by atoms with Crippen LogP contribution in [0.4, 0.5) is 5.69 Å². The number of carbonyl (C=O) groups is 3. The van der Waals surface area contributed by atoms with Crippen molar-refractivity contribution in [2.45, 2.75) is 17.4 Å². The highest BCUT2D eigenvalue weighted by molar-refractivity contribution is 8.00. The monoisotopic (exact) mass is 324 g/mol. The number of thioether (sulfide) groups is 1. The highest BCUT2D eigenvalue weighted by atomic mass is 32.2. The van der Waals surface area contributed by atoms with Gasteiger partial charge in [0.05, 0.1) is 11.4 Å². The summed E-state index contributed by atoms with van der Waals surface area (Å²) < 4.78 is 4.83. The number of nitrogens with one attached hydrogen (secondary N) is 2. The molecular formula is C14H16N2O5S. The summed E-state index contributed by atoms with van der Waals surface area (Å²) in [5.41, 5.74) is 0.864. The first-order valence-electron chi connectivity index (χ1n) is 6.60. The molecule has 0 aliphatic carbocycles. The number of anilines is 1. The van der Waals surface area contributed by atoms with Gasteiger partial charge in [-0.15, -0.1) is 11.8 Å². The Bertz CT molecular complexity index is 605. The van der Waals surface area contributed by atoms with E-state index < -0.39 is 17.9 Å². The van der Waals surface area contributed by atoms with Crippen LogP contribution >= 0.6 is 11.8 Å². The lowest BCUT2D eigenvalue weighted by Gasteiger charge is -2.18. The maximum Gasteiger partial charge on any atom is 0.326 e. The van der Waals surface area contributed by atoms with Gasteiger partial charge in [0.1, 0.15) is 6.04 Å². The third-order valence-corrected chi connectivity index (χ3v) is 4.16. The molecule has 2 amide bonds. The fraction of sp³-hybridized carbons (Fsp3) is 0.357. The Morgan fingerprint density at radius 2 is 2.27 bits per heavy atom. The summed E-state index contributed by atoms with van der Waals surface area (Å²) in [6, 6.07) is 3.87. The van der Waals surface area contributed by atoms with E-state index in [0.29, 0.717) is 17.0 Å². The molecule has 118 valence electrons. The fourth-order valence-corrected chi connectivity index (χ4v) is 2.75. The minimum absolute atomic E-state index is 0.126. The molecule has 0 radical (unpaired) electrons. The summed E-state index contributed by atoms with van der Waals surface area (Å²) in [5, 5.41) is 14.2. The largest absolute Gasteiger partial charge is 0.480 e. The number of fused-ring (bicyclic) bond motifs is 1. The molecule has 1 heterocycles. The minimum Gasteiger partial charge on any atom is -0.480 e. The lowest BCUT2D eigenvalue weighted by molar-refractivity contribution is -0.139. The van der Waals surface area contributed by atoms with Crippen LogP contribution in [0.25, 0.3) is 0 Å². The summed E-state index contributed by atoms with van der Waals surface area (Å²) in [5.74, 6) is -1.40. The summed E-state index contributed by atoms with van der Waals surface area (Å²) in [6.45, 7) is 0.230. The Morgan fingerprint density at radius 3 is 2.95 bits per heavy atom. The first kappa shape index (κ1) is 16.3. The van der Waals surface area contributed by atoms with E-state index in [1.54, 1.807) is 18.2 Å². The first-order chi connectivity index (χ1) is 10.5.